The standard InChI is InChI=1S/C18H27N3O3/c1-23-16-5-7-17(8-6-16)24-13-3-11-20-10-2-4-15(14-20)21-12-9-19-18(21)22/h5-8,15H,2-4,9-14H2,1H3,(H,19,22)/t15-/m1/s1. The number of benzene rings is 1. The lowest BCUT2D eigenvalue weighted by Gasteiger charge is -2.37. The van der Waals surface area contributed by atoms with Gasteiger partial charge in [0.1, 0.15) is 11.5 Å². The van der Waals surface area contributed by atoms with Crippen molar-refractivity contribution < 1.29 is 14.3 Å². The molecule has 1 aromatic rings. The molecule has 0 radical (unpaired) electrons. The van der Waals surface area contributed by atoms with Crippen LogP contribution in [0.15, 0.2) is 24.3 Å². The summed E-state index contributed by atoms with van der Waals surface area (Å²) in [4.78, 5) is 16.3. The topological polar surface area (TPSA) is 54.0 Å². The Labute approximate surface area is 143 Å². The van der Waals surface area contributed by atoms with E-state index < -0.39 is 0 Å². The van der Waals surface area contributed by atoms with Crippen LogP contribution in [0, 0.1) is 0 Å². The number of likely N-dealkylation sites (tertiary alicyclic amines) is 1. The van der Waals surface area contributed by atoms with E-state index in [1.807, 2.05) is 29.2 Å². The molecule has 0 bridgehead atoms. The van der Waals surface area contributed by atoms with Crippen molar-refractivity contribution in [1.82, 2.24) is 15.1 Å². The molecule has 0 aromatic heterocycles. The van der Waals surface area contributed by atoms with E-state index in [1.54, 1.807) is 7.11 Å². The van der Waals surface area contributed by atoms with Crippen LogP contribution in [0.2, 0.25) is 0 Å². The molecule has 3 rings (SSSR count). The lowest BCUT2D eigenvalue weighted by molar-refractivity contribution is 0.121. The maximum atomic E-state index is 11.8. The Kier molecular flexibility index (Phi) is 5.80. The average Bonchev–Trinajstić information content (AvgIpc) is 3.05. The van der Waals surface area contributed by atoms with Crippen LogP contribution < -0.4 is 14.8 Å². The first kappa shape index (κ1) is 16.9. The number of methoxy groups -OCH3 is 1. The number of carbonyl (C=O) groups is 1. The number of nitrogens with zero attached hydrogens (tertiary/aromatic N) is 2. The van der Waals surface area contributed by atoms with Crippen LogP contribution >= 0.6 is 0 Å². The second-order valence-corrected chi connectivity index (χ2v) is 6.40. The van der Waals surface area contributed by atoms with Gasteiger partial charge in [-0.1, -0.05) is 0 Å². The molecule has 132 valence electrons. The molecule has 2 saturated heterocycles. The van der Waals surface area contributed by atoms with Crippen LogP contribution in [0.5, 0.6) is 11.5 Å². The summed E-state index contributed by atoms with van der Waals surface area (Å²) in [7, 11) is 1.66. The number of rotatable bonds is 7. The molecular weight excluding hydrogens is 306 g/mol. The van der Waals surface area contributed by atoms with E-state index in [-0.39, 0.29) is 6.03 Å². The van der Waals surface area contributed by atoms with E-state index in [0.29, 0.717) is 12.6 Å². The van der Waals surface area contributed by atoms with E-state index in [4.69, 9.17) is 9.47 Å². The quantitative estimate of drug-likeness (QED) is 0.775. The summed E-state index contributed by atoms with van der Waals surface area (Å²) < 4.78 is 10.9. The molecule has 6 nitrogen and oxygen atoms in total. The minimum atomic E-state index is 0.102. The summed E-state index contributed by atoms with van der Waals surface area (Å²) in [6.45, 7) is 5.45. The van der Waals surface area contributed by atoms with Crippen molar-refractivity contribution >= 4 is 6.03 Å². The van der Waals surface area contributed by atoms with Gasteiger partial charge in [0.05, 0.1) is 13.7 Å². The molecule has 2 aliphatic heterocycles. The van der Waals surface area contributed by atoms with Crippen molar-refractivity contribution in [3.8, 4) is 11.5 Å². The van der Waals surface area contributed by atoms with Crippen molar-refractivity contribution in [2.45, 2.75) is 25.3 Å². The van der Waals surface area contributed by atoms with E-state index in [1.165, 1.54) is 0 Å². The van der Waals surface area contributed by atoms with Crippen LogP contribution in [0.1, 0.15) is 19.3 Å². The molecule has 1 aromatic carbocycles. The molecule has 1 atom stereocenters. The number of hydrogen-bond acceptors (Lipinski definition) is 4. The van der Waals surface area contributed by atoms with Crippen molar-refractivity contribution in [3.05, 3.63) is 24.3 Å². The lowest BCUT2D eigenvalue weighted by atomic mass is 10.0. The van der Waals surface area contributed by atoms with Gasteiger partial charge in [0.15, 0.2) is 0 Å². The molecule has 1 N–H and O–H groups in total. The summed E-state index contributed by atoms with van der Waals surface area (Å²) in [6.07, 6.45) is 3.27. The highest BCUT2D eigenvalue weighted by atomic mass is 16.5. The molecule has 2 aliphatic rings. The Hall–Kier alpha value is -1.95. The van der Waals surface area contributed by atoms with Gasteiger partial charge in [-0.05, 0) is 50.1 Å². The second-order valence-electron chi connectivity index (χ2n) is 6.40. The zero-order valence-corrected chi connectivity index (χ0v) is 14.4. The summed E-state index contributed by atoms with van der Waals surface area (Å²) >= 11 is 0. The Morgan fingerprint density at radius 3 is 2.71 bits per heavy atom. The highest BCUT2D eigenvalue weighted by molar-refractivity contribution is 5.76. The first-order chi connectivity index (χ1) is 11.8. The lowest BCUT2D eigenvalue weighted by Crippen LogP contribution is -2.49. The second kappa shape index (κ2) is 8.24. The van der Waals surface area contributed by atoms with Crippen LogP contribution in [0.4, 0.5) is 4.79 Å². The van der Waals surface area contributed by atoms with Gasteiger partial charge in [-0.3, -0.25) is 0 Å². The van der Waals surface area contributed by atoms with Crippen LogP contribution in [-0.2, 0) is 0 Å². The normalized spacial score (nSPS) is 21.6. The fraction of sp³-hybridized carbons (Fsp3) is 0.611. The Bertz CT molecular complexity index is 535. The van der Waals surface area contributed by atoms with Gasteiger partial charge >= 0.3 is 6.03 Å². The van der Waals surface area contributed by atoms with Gasteiger partial charge < -0.3 is 24.6 Å². The van der Waals surface area contributed by atoms with Gasteiger partial charge in [-0.2, -0.15) is 0 Å². The number of ether oxygens (including phenoxy) is 2. The molecule has 0 aliphatic carbocycles. The smallest absolute Gasteiger partial charge is 0.317 e. The third-order valence-corrected chi connectivity index (χ3v) is 4.76. The third-order valence-electron chi connectivity index (χ3n) is 4.76. The van der Waals surface area contributed by atoms with E-state index in [0.717, 1.165) is 63.5 Å². The Morgan fingerprint density at radius 2 is 2.00 bits per heavy atom. The number of nitrogens with one attached hydrogen (secondary N) is 1. The largest absolute Gasteiger partial charge is 0.497 e. The number of urea groups is 1. The molecule has 0 spiro atoms. The zero-order valence-electron chi connectivity index (χ0n) is 14.4. The van der Waals surface area contributed by atoms with Gasteiger partial charge in [0, 0.05) is 32.2 Å². The highest BCUT2D eigenvalue weighted by Gasteiger charge is 2.30. The SMILES string of the molecule is COc1ccc(OCCCN2CCC[C@@H](N3CCNC3=O)C2)cc1. The van der Waals surface area contributed by atoms with Gasteiger partial charge in [0.25, 0.3) is 0 Å². The Morgan fingerprint density at radius 1 is 1.21 bits per heavy atom. The molecule has 0 unspecified atom stereocenters. The summed E-state index contributed by atoms with van der Waals surface area (Å²) in [5.74, 6) is 1.72. The van der Waals surface area contributed by atoms with Gasteiger partial charge in [-0.15, -0.1) is 0 Å². The number of carbonyl (C=O) groups excluding carboxylic acids is 1. The van der Waals surface area contributed by atoms with Crippen molar-refractivity contribution in [2.24, 2.45) is 0 Å². The predicted molar refractivity (Wildman–Crippen MR) is 92.7 cm³/mol. The van der Waals surface area contributed by atoms with E-state index >= 15 is 0 Å². The molecule has 2 heterocycles. The maximum Gasteiger partial charge on any atom is 0.317 e. The summed E-state index contributed by atoms with van der Waals surface area (Å²) in [6, 6.07) is 8.15. The van der Waals surface area contributed by atoms with Gasteiger partial charge in [-0.25, -0.2) is 4.79 Å². The van der Waals surface area contributed by atoms with E-state index in [2.05, 4.69) is 10.2 Å². The van der Waals surface area contributed by atoms with Crippen LogP contribution in [-0.4, -0.2) is 68.3 Å². The van der Waals surface area contributed by atoms with Crippen molar-refractivity contribution in [1.29, 1.82) is 0 Å². The number of hydrogen-bond donors (Lipinski definition) is 1. The number of piperidine rings is 1. The minimum absolute atomic E-state index is 0.102. The first-order valence-electron chi connectivity index (χ1n) is 8.80. The van der Waals surface area contributed by atoms with Gasteiger partial charge in [0.2, 0.25) is 0 Å². The predicted octanol–water partition coefficient (Wildman–Crippen LogP) is 1.95. The fourth-order valence-corrected chi connectivity index (χ4v) is 3.47. The first-order valence-corrected chi connectivity index (χ1v) is 8.80. The highest BCUT2D eigenvalue weighted by Crippen LogP contribution is 2.19. The molecule has 6 heteroatoms. The van der Waals surface area contributed by atoms with Crippen molar-refractivity contribution in [2.75, 3.05) is 46.4 Å². The Balaban J connectivity index is 1.37. The summed E-state index contributed by atoms with van der Waals surface area (Å²) in [5.41, 5.74) is 0. The molecule has 2 fully saturated rings. The van der Waals surface area contributed by atoms with E-state index in [9.17, 15) is 4.79 Å². The summed E-state index contributed by atoms with van der Waals surface area (Å²) in [5, 5.41) is 2.90. The maximum absolute atomic E-state index is 11.8. The molecule has 2 amide bonds. The minimum Gasteiger partial charge on any atom is -0.497 e. The van der Waals surface area contributed by atoms with Crippen LogP contribution in [0.25, 0.3) is 0 Å². The van der Waals surface area contributed by atoms with Crippen LogP contribution in [0.3, 0.4) is 0 Å². The third kappa shape index (κ3) is 4.32. The fourth-order valence-electron chi connectivity index (χ4n) is 3.47. The average molecular weight is 333 g/mol. The number of amides is 2. The molecule has 0 saturated carbocycles. The molecule has 24 heavy (non-hydrogen) atoms. The monoisotopic (exact) mass is 333 g/mol. The molecular formula is C18H27N3O3. The van der Waals surface area contributed by atoms with Crippen molar-refractivity contribution in [3.63, 3.8) is 0 Å². The zero-order chi connectivity index (χ0) is 16.8.